The van der Waals surface area contributed by atoms with Crippen molar-refractivity contribution < 1.29 is 28.0 Å². The van der Waals surface area contributed by atoms with Crippen molar-refractivity contribution in [2.45, 2.75) is 44.2 Å². The van der Waals surface area contributed by atoms with Gasteiger partial charge in [-0.1, -0.05) is 6.07 Å². The molecule has 6 rings (SSSR count). The number of nitrogens with zero attached hydrogens (tertiary/aromatic N) is 3. The molecule has 2 aromatic carbocycles. The number of carbonyl (C=O) groups excluding carboxylic acids is 4. The first-order valence-corrected chi connectivity index (χ1v) is 12.0. The number of rotatable bonds is 3. The molecule has 1 atom stereocenters. The van der Waals surface area contributed by atoms with Crippen molar-refractivity contribution in [1.82, 2.24) is 20.1 Å². The summed E-state index contributed by atoms with van der Waals surface area (Å²) in [7, 11) is 0. The van der Waals surface area contributed by atoms with Crippen LogP contribution in [0, 0.1) is 5.82 Å². The molecule has 1 aromatic heterocycles. The second-order valence-corrected chi connectivity index (χ2v) is 9.53. The molecule has 1 N–H and O–H groups in total. The van der Waals surface area contributed by atoms with E-state index in [4.69, 9.17) is 4.42 Å². The van der Waals surface area contributed by atoms with Crippen LogP contribution in [0.1, 0.15) is 63.4 Å². The van der Waals surface area contributed by atoms with Crippen LogP contribution in [0.2, 0.25) is 0 Å². The van der Waals surface area contributed by atoms with Crippen molar-refractivity contribution >= 4 is 34.7 Å². The number of carbonyl (C=O) groups is 4. The van der Waals surface area contributed by atoms with Crippen LogP contribution in [0.3, 0.4) is 0 Å². The maximum absolute atomic E-state index is 15.1. The lowest BCUT2D eigenvalue weighted by atomic mass is 9.87. The highest BCUT2D eigenvalue weighted by atomic mass is 19.1. The van der Waals surface area contributed by atoms with Crippen molar-refractivity contribution in [3.8, 4) is 0 Å². The molecule has 3 aliphatic heterocycles. The fourth-order valence-electron chi connectivity index (χ4n) is 5.49. The Hall–Kier alpha value is -4.08. The van der Waals surface area contributed by atoms with Crippen LogP contribution in [0.4, 0.5) is 4.39 Å². The van der Waals surface area contributed by atoms with Crippen LogP contribution < -0.4 is 5.32 Å². The van der Waals surface area contributed by atoms with Crippen molar-refractivity contribution in [3.05, 3.63) is 64.8 Å². The van der Waals surface area contributed by atoms with Gasteiger partial charge in [0.15, 0.2) is 12.0 Å². The molecular weight excluding hydrogens is 467 g/mol. The first-order chi connectivity index (χ1) is 17.4. The lowest BCUT2D eigenvalue weighted by Crippen LogP contribution is -2.52. The number of fused-ring (bicyclic) bond motifs is 2. The third-order valence-electron chi connectivity index (χ3n) is 7.44. The molecule has 0 spiro atoms. The van der Waals surface area contributed by atoms with Gasteiger partial charge in [-0.25, -0.2) is 9.37 Å². The largest absolute Gasteiger partial charge is 0.443 e. The standard InChI is InChI=1S/C26H23FN4O5/c27-19-11-18-16(12-31(26(18)35)21-2-4-23(32)29-24(21)33)9-17(19)14-5-7-30(8-6-14)25(34)15-1-3-22-20(10-15)28-13-36-22/h1,3,9-11,13-14,21H,2,4-8,12H2,(H,29,32,33). The third-order valence-corrected chi connectivity index (χ3v) is 7.44. The monoisotopic (exact) mass is 490 g/mol. The van der Waals surface area contributed by atoms with Gasteiger partial charge in [-0.05, 0) is 60.6 Å². The summed E-state index contributed by atoms with van der Waals surface area (Å²) < 4.78 is 20.4. The van der Waals surface area contributed by atoms with Crippen LogP contribution in [-0.2, 0) is 16.1 Å². The molecule has 1 unspecified atom stereocenters. The Morgan fingerprint density at radius 2 is 1.89 bits per heavy atom. The Labute approximate surface area is 205 Å². The van der Waals surface area contributed by atoms with E-state index in [1.54, 1.807) is 29.2 Å². The summed E-state index contributed by atoms with van der Waals surface area (Å²) >= 11 is 0. The number of amides is 4. The minimum Gasteiger partial charge on any atom is -0.443 e. The molecule has 2 saturated heterocycles. The van der Waals surface area contributed by atoms with Gasteiger partial charge >= 0.3 is 0 Å². The van der Waals surface area contributed by atoms with E-state index in [-0.39, 0.29) is 42.7 Å². The van der Waals surface area contributed by atoms with Gasteiger partial charge in [-0.2, -0.15) is 0 Å². The molecule has 10 heteroatoms. The smallest absolute Gasteiger partial charge is 0.255 e. The fraction of sp³-hybridized carbons (Fsp3) is 0.346. The molecule has 0 radical (unpaired) electrons. The van der Waals surface area contributed by atoms with Gasteiger partial charge in [0.25, 0.3) is 11.8 Å². The maximum Gasteiger partial charge on any atom is 0.255 e. The number of oxazole rings is 1. The van der Waals surface area contributed by atoms with E-state index in [1.807, 2.05) is 0 Å². The number of benzene rings is 2. The second-order valence-electron chi connectivity index (χ2n) is 9.53. The fourth-order valence-corrected chi connectivity index (χ4v) is 5.49. The van der Waals surface area contributed by atoms with E-state index in [0.717, 1.165) is 0 Å². The zero-order chi connectivity index (χ0) is 25.0. The molecule has 9 nitrogen and oxygen atoms in total. The topological polar surface area (TPSA) is 113 Å². The molecule has 3 aliphatic rings. The summed E-state index contributed by atoms with van der Waals surface area (Å²) in [6, 6.07) is 7.41. The number of hydrogen-bond donors (Lipinski definition) is 1. The number of nitrogens with one attached hydrogen (secondary N) is 1. The van der Waals surface area contributed by atoms with E-state index in [2.05, 4.69) is 10.3 Å². The summed E-state index contributed by atoms with van der Waals surface area (Å²) in [5.41, 5.74) is 3.24. The average molecular weight is 490 g/mol. The summed E-state index contributed by atoms with van der Waals surface area (Å²) in [6.07, 6.45) is 2.96. The lowest BCUT2D eigenvalue weighted by molar-refractivity contribution is -0.136. The van der Waals surface area contributed by atoms with Crippen molar-refractivity contribution in [3.63, 3.8) is 0 Å². The van der Waals surface area contributed by atoms with Gasteiger partial charge in [0.05, 0.1) is 0 Å². The minimum absolute atomic E-state index is 0.0860. The zero-order valence-corrected chi connectivity index (χ0v) is 19.3. The molecule has 4 amide bonds. The Bertz CT molecular complexity index is 1420. The molecule has 0 bridgehead atoms. The molecule has 184 valence electrons. The van der Waals surface area contributed by atoms with Crippen LogP contribution >= 0.6 is 0 Å². The van der Waals surface area contributed by atoms with Gasteiger partial charge in [0.2, 0.25) is 11.8 Å². The molecule has 36 heavy (non-hydrogen) atoms. The molecule has 0 aliphatic carbocycles. The Kier molecular flexibility index (Phi) is 5.31. The van der Waals surface area contributed by atoms with E-state index in [9.17, 15) is 19.2 Å². The van der Waals surface area contributed by atoms with E-state index in [1.165, 1.54) is 17.4 Å². The summed E-state index contributed by atoms with van der Waals surface area (Å²) in [6.45, 7) is 1.17. The number of halogens is 1. The minimum atomic E-state index is -0.736. The highest BCUT2D eigenvalue weighted by Crippen LogP contribution is 2.35. The average Bonchev–Trinajstić information content (AvgIpc) is 3.47. The first-order valence-electron chi connectivity index (χ1n) is 12.0. The van der Waals surface area contributed by atoms with Crippen LogP contribution in [0.25, 0.3) is 11.1 Å². The van der Waals surface area contributed by atoms with Crippen molar-refractivity contribution in [2.24, 2.45) is 0 Å². The predicted octanol–water partition coefficient (Wildman–Crippen LogP) is 2.75. The second kappa shape index (κ2) is 8.54. The third kappa shape index (κ3) is 3.73. The van der Waals surface area contributed by atoms with Crippen molar-refractivity contribution in [1.29, 1.82) is 0 Å². The summed E-state index contributed by atoms with van der Waals surface area (Å²) in [5.74, 6) is -1.87. The van der Waals surface area contributed by atoms with Gasteiger partial charge in [-0.3, -0.25) is 24.5 Å². The van der Waals surface area contributed by atoms with Crippen LogP contribution in [-0.4, -0.2) is 57.5 Å². The molecule has 3 aromatic rings. The Morgan fingerprint density at radius 1 is 1.08 bits per heavy atom. The molecule has 0 saturated carbocycles. The first kappa shape index (κ1) is 22.4. The number of piperidine rings is 2. The van der Waals surface area contributed by atoms with Gasteiger partial charge in [-0.15, -0.1) is 0 Å². The Morgan fingerprint density at radius 3 is 2.67 bits per heavy atom. The highest BCUT2D eigenvalue weighted by molar-refractivity contribution is 6.05. The molecule has 4 heterocycles. The van der Waals surface area contributed by atoms with Crippen LogP contribution in [0.5, 0.6) is 0 Å². The lowest BCUT2D eigenvalue weighted by Gasteiger charge is -2.32. The Balaban J connectivity index is 1.15. The van der Waals surface area contributed by atoms with E-state index >= 15 is 4.39 Å². The van der Waals surface area contributed by atoms with Gasteiger partial charge < -0.3 is 14.2 Å². The number of aromatic nitrogens is 1. The molecular formula is C26H23FN4O5. The maximum atomic E-state index is 15.1. The SMILES string of the molecule is O=C1CCC(N2Cc3cc(C4CCN(C(=O)c5ccc6ocnc6c5)CC4)c(F)cc3C2=O)C(=O)N1. The van der Waals surface area contributed by atoms with Crippen molar-refractivity contribution in [2.75, 3.05) is 13.1 Å². The van der Waals surface area contributed by atoms with Gasteiger partial charge in [0, 0.05) is 37.2 Å². The molecule has 2 fully saturated rings. The van der Waals surface area contributed by atoms with E-state index in [0.29, 0.717) is 53.7 Å². The van der Waals surface area contributed by atoms with Crippen LogP contribution in [0.15, 0.2) is 41.1 Å². The quantitative estimate of drug-likeness (QED) is 0.565. The number of imide groups is 1. The predicted molar refractivity (Wildman–Crippen MR) is 124 cm³/mol. The summed E-state index contributed by atoms with van der Waals surface area (Å²) in [4.78, 5) is 56.9. The zero-order valence-electron chi connectivity index (χ0n) is 19.3. The summed E-state index contributed by atoms with van der Waals surface area (Å²) in [5, 5.41) is 2.27. The van der Waals surface area contributed by atoms with Gasteiger partial charge in [0.1, 0.15) is 17.4 Å². The van der Waals surface area contributed by atoms with E-state index < -0.39 is 23.7 Å². The highest BCUT2D eigenvalue weighted by Gasteiger charge is 2.40. The number of likely N-dealkylation sites (tertiary alicyclic amines) is 1. The number of hydrogen-bond acceptors (Lipinski definition) is 6. The normalized spacial score (nSPS) is 20.7.